The molecular weight excluding hydrogens is 390 g/mol. The first kappa shape index (κ1) is 21.0. The van der Waals surface area contributed by atoms with Gasteiger partial charge in [-0.15, -0.1) is 0 Å². The second-order valence-corrected chi connectivity index (χ2v) is 5.52. The van der Waals surface area contributed by atoms with Gasteiger partial charge in [0, 0.05) is 19.1 Å². The smallest absolute Gasteiger partial charge is 0.342 e. The summed E-state index contributed by atoms with van der Waals surface area (Å²) in [5.74, 6) is -5.27. The first-order chi connectivity index (χ1) is 13.6. The number of ether oxygens (including phenoxy) is 2. The van der Waals surface area contributed by atoms with Gasteiger partial charge in [-0.1, -0.05) is 12.1 Å². The predicted octanol–water partition coefficient (Wildman–Crippen LogP) is 2.35. The molecule has 0 aromatic heterocycles. The van der Waals surface area contributed by atoms with Gasteiger partial charge >= 0.3 is 23.9 Å². The molecule has 0 aliphatic heterocycles. The molecular formula is C18H13NO10. The van der Waals surface area contributed by atoms with Crippen LogP contribution >= 0.6 is 0 Å². The fourth-order valence-corrected chi connectivity index (χ4v) is 2.30. The molecule has 0 bridgehead atoms. The Hall–Kier alpha value is -4.28. The molecule has 0 saturated heterocycles. The predicted molar refractivity (Wildman–Crippen MR) is 93.8 cm³/mol. The average molecular weight is 403 g/mol. The number of carbonyl (C=O) groups excluding carboxylic acids is 2. The van der Waals surface area contributed by atoms with Crippen molar-refractivity contribution >= 4 is 29.6 Å². The summed E-state index contributed by atoms with van der Waals surface area (Å²) in [5, 5.41) is 29.1. The Morgan fingerprint density at radius 3 is 1.86 bits per heavy atom. The van der Waals surface area contributed by atoms with Gasteiger partial charge in [0.2, 0.25) is 6.29 Å². The third kappa shape index (κ3) is 4.91. The minimum Gasteiger partial charge on any atom is -0.478 e. The van der Waals surface area contributed by atoms with Crippen LogP contribution in [0.2, 0.25) is 0 Å². The standard InChI is InChI=1S/C18H13NO10/c1-9(28-17(24)13-5-3-2-4-11(13)15(20)21)29-18(25)14-8-10(19(26)27)6-7-12(14)16(22)23/h2-9H,1H3,(H,20,21)(H,22,23). The molecule has 0 aliphatic carbocycles. The molecule has 0 heterocycles. The second-order valence-electron chi connectivity index (χ2n) is 5.52. The molecule has 0 fully saturated rings. The summed E-state index contributed by atoms with van der Waals surface area (Å²) in [5.41, 5.74) is -2.31. The molecule has 11 heteroatoms. The van der Waals surface area contributed by atoms with E-state index >= 15 is 0 Å². The van der Waals surface area contributed by atoms with E-state index in [1.54, 1.807) is 0 Å². The molecule has 11 nitrogen and oxygen atoms in total. The third-order valence-electron chi connectivity index (χ3n) is 3.59. The fourth-order valence-electron chi connectivity index (χ4n) is 2.30. The molecule has 150 valence electrons. The summed E-state index contributed by atoms with van der Waals surface area (Å²) in [6, 6.07) is 7.69. The normalized spacial score (nSPS) is 11.2. The van der Waals surface area contributed by atoms with Gasteiger partial charge in [0.05, 0.1) is 27.2 Å². The van der Waals surface area contributed by atoms with Crippen LogP contribution in [0, 0.1) is 10.1 Å². The van der Waals surface area contributed by atoms with Crippen LogP contribution in [0.4, 0.5) is 5.69 Å². The highest BCUT2D eigenvalue weighted by Crippen LogP contribution is 2.20. The van der Waals surface area contributed by atoms with Crippen molar-refractivity contribution in [2.45, 2.75) is 13.2 Å². The van der Waals surface area contributed by atoms with Crippen molar-refractivity contribution in [1.82, 2.24) is 0 Å². The van der Waals surface area contributed by atoms with Crippen LogP contribution in [0.15, 0.2) is 42.5 Å². The number of non-ortho nitro benzene ring substituents is 1. The van der Waals surface area contributed by atoms with Crippen LogP contribution in [0.1, 0.15) is 48.4 Å². The van der Waals surface area contributed by atoms with Crippen molar-refractivity contribution in [2.24, 2.45) is 0 Å². The Kier molecular flexibility index (Phi) is 6.24. The summed E-state index contributed by atoms with van der Waals surface area (Å²) < 4.78 is 9.71. The summed E-state index contributed by atoms with van der Waals surface area (Å²) in [6.45, 7) is 1.14. The summed E-state index contributed by atoms with van der Waals surface area (Å²) in [4.78, 5) is 56.8. The van der Waals surface area contributed by atoms with Crippen LogP contribution in [0.25, 0.3) is 0 Å². The monoisotopic (exact) mass is 403 g/mol. The molecule has 29 heavy (non-hydrogen) atoms. The topological polar surface area (TPSA) is 170 Å². The minimum atomic E-state index is -1.54. The van der Waals surface area contributed by atoms with E-state index in [-0.39, 0.29) is 11.1 Å². The zero-order valence-electron chi connectivity index (χ0n) is 14.7. The summed E-state index contributed by atoms with van der Waals surface area (Å²) in [7, 11) is 0. The van der Waals surface area contributed by atoms with E-state index in [0.29, 0.717) is 0 Å². The maximum absolute atomic E-state index is 12.3. The fraction of sp³-hybridized carbons (Fsp3) is 0.111. The van der Waals surface area contributed by atoms with E-state index in [9.17, 15) is 29.3 Å². The summed E-state index contributed by atoms with van der Waals surface area (Å²) >= 11 is 0. The first-order valence-electron chi connectivity index (χ1n) is 7.87. The molecule has 0 aliphatic rings. The van der Waals surface area contributed by atoms with Crippen molar-refractivity contribution in [2.75, 3.05) is 0 Å². The maximum atomic E-state index is 12.3. The van der Waals surface area contributed by atoms with E-state index in [2.05, 4.69) is 0 Å². The Balaban J connectivity index is 2.20. The van der Waals surface area contributed by atoms with E-state index in [0.717, 1.165) is 25.1 Å². The van der Waals surface area contributed by atoms with Crippen LogP contribution in [-0.4, -0.2) is 45.3 Å². The van der Waals surface area contributed by atoms with E-state index in [1.165, 1.54) is 24.3 Å². The van der Waals surface area contributed by atoms with Gasteiger partial charge in [0.1, 0.15) is 0 Å². The molecule has 2 rings (SSSR count). The van der Waals surface area contributed by atoms with Gasteiger partial charge in [0.25, 0.3) is 5.69 Å². The third-order valence-corrected chi connectivity index (χ3v) is 3.59. The molecule has 0 amide bonds. The highest BCUT2D eigenvalue weighted by Gasteiger charge is 2.25. The Morgan fingerprint density at radius 1 is 0.862 bits per heavy atom. The lowest BCUT2D eigenvalue weighted by molar-refractivity contribution is -0.384. The lowest BCUT2D eigenvalue weighted by atomic mass is 10.1. The van der Waals surface area contributed by atoms with Gasteiger partial charge in [-0.05, 0) is 18.2 Å². The number of esters is 2. The number of hydrogen-bond donors (Lipinski definition) is 2. The van der Waals surface area contributed by atoms with Gasteiger partial charge < -0.3 is 19.7 Å². The summed E-state index contributed by atoms with van der Waals surface area (Å²) in [6.07, 6.45) is -1.54. The van der Waals surface area contributed by atoms with Crippen molar-refractivity contribution in [3.05, 3.63) is 74.8 Å². The van der Waals surface area contributed by atoms with Crippen LogP contribution in [0.3, 0.4) is 0 Å². The number of benzene rings is 2. The molecule has 2 N–H and O–H groups in total. The molecule has 2 aromatic carbocycles. The lowest BCUT2D eigenvalue weighted by Crippen LogP contribution is -2.24. The minimum absolute atomic E-state index is 0.288. The maximum Gasteiger partial charge on any atom is 0.342 e. The Labute approximate surface area is 162 Å². The Bertz CT molecular complexity index is 1010. The highest BCUT2D eigenvalue weighted by molar-refractivity contribution is 6.04. The number of nitrogens with zero attached hydrogens (tertiary/aromatic N) is 1. The number of nitro groups is 1. The quantitative estimate of drug-likeness (QED) is 0.302. The van der Waals surface area contributed by atoms with Crippen molar-refractivity contribution < 1.29 is 43.8 Å². The largest absolute Gasteiger partial charge is 0.478 e. The number of aromatic carboxylic acids is 2. The Morgan fingerprint density at radius 2 is 1.34 bits per heavy atom. The van der Waals surface area contributed by atoms with Gasteiger partial charge in [0.15, 0.2) is 0 Å². The molecule has 1 unspecified atom stereocenters. The number of carboxylic acid groups (broad SMARTS) is 2. The van der Waals surface area contributed by atoms with Crippen LogP contribution in [-0.2, 0) is 9.47 Å². The van der Waals surface area contributed by atoms with Crippen LogP contribution < -0.4 is 0 Å². The zero-order chi connectivity index (χ0) is 21.7. The second kappa shape index (κ2) is 8.61. The highest BCUT2D eigenvalue weighted by atomic mass is 16.7. The van der Waals surface area contributed by atoms with Crippen LogP contribution in [0.5, 0.6) is 0 Å². The lowest BCUT2D eigenvalue weighted by Gasteiger charge is -2.15. The van der Waals surface area contributed by atoms with E-state index < -0.39 is 51.9 Å². The molecule has 1 atom stereocenters. The number of carbonyl (C=O) groups is 4. The van der Waals surface area contributed by atoms with Crippen molar-refractivity contribution in [3.63, 3.8) is 0 Å². The van der Waals surface area contributed by atoms with Crippen molar-refractivity contribution in [3.8, 4) is 0 Å². The molecule has 0 radical (unpaired) electrons. The molecule has 2 aromatic rings. The SMILES string of the molecule is CC(OC(=O)c1ccccc1C(=O)O)OC(=O)c1cc([N+](=O)[O-])ccc1C(=O)O. The van der Waals surface area contributed by atoms with Gasteiger partial charge in [-0.25, -0.2) is 19.2 Å². The van der Waals surface area contributed by atoms with Gasteiger partial charge in [-0.2, -0.15) is 0 Å². The number of nitro benzene ring substituents is 1. The number of rotatable bonds is 7. The zero-order valence-corrected chi connectivity index (χ0v) is 14.7. The van der Waals surface area contributed by atoms with Gasteiger partial charge in [-0.3, -0.25) is 10.1 Å². The number of hydrogen-bond acceptors (Lipinski definition) is 8. The average Bonchev–Trinajstić information content (AvgIpc) is 2.66. The van der Waals surface area contributed by atoms with E-state index in [1.807, 2.05) is 0 Å². The van der Waals surface area contributed by atoms with Crippen molar-refractivity contribution in [1.29, 1.82) is 0 Å². The first-order valence-corrected chi connectivity index (χ1v) is 7.87. The van der Waals surface area contributed by atoms with E-state index in [4.69, 9.17) is 19.7 Å². The number of carboxylic acids is 2. The molecule has 0 saturated carbocycles. The molecule has 0 spiro atoms.